The Morgan fingerprint density at radius 2 is 2.08 bits per heavy atom. The zero-order chi connectivity index (χ0) is 18.5. The molecule has 3 heterocycles. The molecule has 0 unspecified atom stereocenters. The molecule has 0 aliphatic carbocycles. The molecular weight excluding hydrogens is 332 g/mol. The summed E-state index contributed by atoms with van der Waals surface area (Å²) in [5.74, 6) is 2.32. The van der Waals surface area contributed by atoms with Crippen LogP contribution in [0.1, 0.15) is 40.5 Å². The number of rotatable bonds is 5. The molecule has 0 radical (unpaired) electrons. The molecule has 1 fully saturated rings. The lowest BCUT2D eigenvalue weighted by atomic mass is 9.96. The third-order valence-electron chi connectivity index (χ3n) is 4.70. The van der Waals surface area contributed by atoms with Crippen molar-refractivity contribution in [3.63, 3.8) is 0 Å². The second kappa shape index (κ2) is 8.08. The average Bonchev–Trinajstić information content (AvgIpc) is 3.27. The van der Waals surface area contributed by atoms with E-state index in [2.05, 4.69) is 5.32 Å². The highest BCUT2D eigenvalue weighted by molar-refractivity contribution is 5.95. The smallest absolute Gasteiger partial charge is 0.254 e. The number of carbonyl (C=O) groups is 2. The Morgan fingerprint density at radius 3 is 2.69 bits per heavy atom. The fourth-order valence-corrected chi connectivity index (χ4v) is 3.19. The van der Waals surface area contributed by atoms with Crippen LogP contribution in [0.4, 0.5) is 0 Å². The number of hydrogen-bond acceptors (Lipinski definition) is 4. The number of amides is 2. The van der Waals surface area contributed by atoms with Gasteiger partial charge in [0.25, 0.3) is 5.91 Å². The van der Waals surface area contributed by atoms with Crippen LogP contribution in [0.15, 0.2) is 39.4 Å². The summed E-state index contributed by atoms with van der Waals surface area (Å²) in [5.41, 5.74) is 0.596. The van der Waals surface area contributed by atoms with Gasteiger partial charge in [0.1, 0.15) is 17.3 Å². The minimum absolute atomic E-state index is 0.00613. The molecule has 6 nitrogen and oxygen atoms in total. The summed E-state index contributed by atoms with van der Waals surface area (Å²) in [6.45, 7) is 5.64. The van der Waals surface area contributed by atoms with Gasteiger partial charge >= 0.3 is 0 Å². The van der Waals surface area contributed by atoms with Crippen molar-refractivity contribution in [2.24, 2.45) is 5.92 Å². The van der Waals surface area contributed by atoms with E-state index < -0.39 is 0 Å². The molecule has 138 valence electrons. The van der Waals surface area contributed by atoms with Gasteiger partial charge in [-0.25, -0.2) is 0 Å². The van der Waals surface area contributed by atoms with Gasteiger partial charge in [0.15, 0.2) is 0 Å². The molecule has 2 aromatic heterocycles. The number of nitrogens with one attached hydrogen (secondary N) is 1. The quantitative estimate of drug-likeness (QED) is 0.835. The highest BCUT2D eigenvalue weighted by atomic mass is 16.3. The minimum Gasteiger partial charge on any atom is -0.466 e. The number of nitrogens with zero attached hydrogens (tertiary/aromatic N) is 1. The van der Waals surface area contributed by atoms with Gasteiger partial charge in [0.05, 0.1) is 11.8 Å². The van der Waals surface area contributed by atoms with E-state index in [1.807, 2.05) is 17.9 Å². The molecule has 0 atom stereocenters. The fraction of sp³-hybridized carbons (Fsp3) is 0.400. The van der Waals surface area contributed by atoms with Crippen molar-refractivity contribution in [2.75, 3.05) is 19.6 Å². The van der Waals surface area contributed by atoms with E-state index in [0.29, 0.717) is 42.6 Å². The van der Waals surface area contributed by atoms with E-state index in [9.17, 15) is 9.59 Å². The van der Waals surface area contributed by atoms with Gasteiger partial charge in [-0.2, -0.15) is 0 Å². The van der Waals surface area contributed by atoms with Gasteiger partial charge in [0, 0.05) is 25.7 Å². The van der Waals surface area contributed by atoms with Gasteiger partial charge in [-0.1, -0.05) is 0 Å². The second-order valence-corrected chi connectivity index (χ2v) is 6.65. The van der Waals surface area contributed by atoms with E-state index in [-0.39, 0.29) is 11.8 Å². The van der Waals surface area contributed by atoms with E-state index in [0.717, 1.165) is 18.6 Å². The van der Waals surface area contributed by atoms with Crippen molar-refractivity contribution < 1.29 is 18.4 Å². The number of piperidine rings is 1. The first-order valence-electron chi connectivity index (χ1n) is 8.88. The number of carbonyl (C=O) groups excluding carboxylic acids is 2. The lowest BCUT2D eigenvalue weighted by Crippen LogP contribution is -2.41. The van der Waals surface area contributed by atoms with Crippen molar-refractivity contribution in [1.29, 1.82) is 0 Å². The van der Waals surface area contributed by atoms with E-state index >= 15 is 0 Å². The van der Waals surface area contributed by atoms with Crippen molar-refractivity contribution in [1.82, 2.24) is 10.2 Å². The summed E-state index contributed by atoms with van der Waals surface area (Å²) in [7, 11) is 0. The zero-order valence-electron chi connectivity index (χ0n) is 15.2. The number of hydrogen-bond donors (Lipinski definition) is 1. The SMILES string of the molecule is Cc1cc(C(=O)NCC2CCN(C(=O)/C=C/c3ccco3)CC2)c(C)o1. The molecular formula is C20H24N2O4. The van der Waals surface area contributed by atoms with Crippen LogP contribution in [0.25, 0.3) is 6.08 Å². The predicted octanol–water partition coefficient (Wildman–Crippen LogP) is 3.17. The molecule has 0 aromatic carbocycles. The van der Waals surface area contributed by atoms with Gasteiger partial charge < -0.3 is 19.1 Å². The molecule has 1 saturated heterocycles. The maximum atomic E-state index is 12.2. The largest absolute Gasteiger partial charge is 0.466 e. The average molecular weight is 356 g/mol. The zero-order valence-corrected chi connectivity index (χ0v) is 15.2. The van der Waals surface area contributed by atoms with Crippen LogP contribution in [-0.4, -0.2) is 36.3 Å². The van der Waals surface area contributed by atoms with Gasteiger partial charge in [0.2, 0.25) is 5.91 Å². The maximum absolute atomic E-state index is 12.2. The number of furan rings is 2. The fourth-order valence-electron chi connectivity index (χ4n) is 3.19. The second-order valence-electron chi connectivity index (χ2n) is 6.65. The third kappa shape index (κ3) is 4.45. The van der Waals surface area contributed by atoms with Crippen molar-refractivity contribution in [3.8, 4) is 0 Å². The molecule has 0 bridgehead atoms. The highest BCUT2D eigenvalue weighted by Crippen LogP contribution is 2.18. The molecule has 0 spiro atoms. The molecule has 2 aromatic rings. The van der Waals surface area contributed by atoms with Gasteiger partial charge in [-0.15, -0.1) is 0 Å². The Morgan fingerprint density at radius 1 is 1.31 bits per heavy atom. The summed E-state index contributed by atoms with van der Waals surface area (Å²) in [6.07, 6.45) is 6.57. The number of aryl methyl sites for hydroxylation is 2. The monoisotopic (exact) mass is 356 g/mol. The van der Waals surface area contributed by atoms with E-state index in [4.69, 9.17) is 8.83 Å². The Bertz CT molecular complexity index is 781. The van der Waals surface area contributed by atoms with Crippen molar-refractivity contribution in [3.05, 3.63) is 53.4 Å². The summed E-state index contributed by atoms with van der Waals surface area (Å²) in [5, 5.41) is 2.98. The van der Waals surface area contributed by atoms with Crippen LogP contribution in [0.3, 0.4) is 0 Å². The molecule has 1 N–H and O–H groups in total. The Hall–Kier alpha value is -2.76. The first-order valence-corrected chi connectivity index (χ1v) is 8.88. The minimum atomic E-state index is -0.0979. The normalized spacial score (nSPS) is 15.5. The lowest BCUT2D eigenvalue weighted by molar-refractivity contribution is -0.127. The Balaban J connectivity index is 1.43. The predicted molar refractivity (Wildman–Crippen MR) is 97.6 cm³/mol. The van der Waals surface area contributed by atoms with E-state index in [1.54, 1.807) is 37.5 Å². The van der Waals surface area contributed by atoms with Crippen LogP contribution in [0.2, 0.25) is 0 Å². The Kier molecular flexibility index (Phi) is 5.61. The van der Waals surface area contributed by atoms with Crippen LogP contribution in [-0.2, 0) is 4.79 Å². The van der Waals surface area contributed by atoms with Crippen LogP contribution in [0, 0.1) is 19.8 Å². The Labute approximate surface area is 152 Å². The van der Waals surface area contributed by atoms with Crippen LogP contribution >= 0.6 is 0 Å². The number of likely N-dealkylation sites (tertiary alicyclic amines) is 1. The third-order valence-corrected chi connectivity index (χ3v) is 4.70. The molecule has 1 aliphatic heterocycles. The highest BCUT2D eigenvalue weighted by Gasteiger charge is 2.22. The van der Waals surface area contributed by atoms with Crippen molar-refractivity contribution in [2.45, 2.75) is 26.7 Å². The molecule has 0 saturated carbocycles. The molecule has 26 heavy (non-hydrogen) atoms. The summed E-state index contributed by atoms with van der Waals surface area (Å²) < 4.78 is 10.6. The maximum Gasteiger partial charge on any atom is 0.254 e. The van der Waals surface area contributed by atoms with Gasteiger partial charge in [-0.3, -0.25) is 9.59 Å². The molecule has 2 amide bonds. The summed E-state index contributed by atoms with van der Waals surface area (Å²) in [6, 6.07) is 5.36. The standard InChI is InChI=1S/C20H24N2O4/c1-14-12-18(15(2)26-14)20(24)21-13-16-7-9-22(10-8-16)19(23)6-5-17-4-3-11-25-17/h3-6,11-12,16H,7-10,13H2,1-2H3,(H,21,24)/b6-5+. The van der Waals surface area contributed by atoms with Crippen molar-refractivity contribution >= 4 is 17.9 Å². The van der Waals surface area contributed by atoms with Gasteiger partial charge in [-0.05, 0) is 56.9 Å². The topological polar surface area (TPSA) is 75.7 Å². The molecule has 1 aliphatic rings. The van der Waals surface area contributed by atoms with Crippen LogP contribution < -0.4 is 5.32 Å². The molecule has 3 rings (SSSR count). The first-order chi connectivity index (χ1) is 12.5. The first kappa shape index (κ1) is 18.0. The lowest BCUT2D eigenvalue weighted by Gasteiger charge is -2.31. The van der Waals surface area contributed by atoms with Crippen LogP contribution in [0.5, 0.6) is 0 Å². The van der Waals surface area contributed by atoms with E-state index in [1.165, 1.54) is 0 Å². The molecule has 6 heteroatoms. The summed E-state index contributed by atoms with van der Waals surface area (Å²) >= 11 is 0. The summed E-state index contributed by atoms with van der Waals surface area (Å²) in [4.78, 5) is 26.3.